The fourth-order valence-electron chi connectivity index (χ4n) is 3.96. The van der Waals surface area contributed by atoms with Gasteiger partial charge in [0, 0.05) is 37.1 Å². The molecular formula is C25H25Cl2N5O2. The van der Waals surface area contributed by atoms with Crippen LogP contribution in [-0.2, 0) is 0 Å². The van der Waals surface area contributed by atoms with Crippen LogP contribution in [0.5, 0.6) is 0 Å². The molecule has 34 heavy (non-hydrogen) atoms. The molecule has 0 saturated carbocycles. The minimum absolute atomic E-state index is 0.313. The molecule has 1 fully saturated rings. The third-order valence-electron chi connectivity index (χ3n) is 5.48. The normalized spacial score (nSPS) is 17.8. The van der Waals surface area contributed by atoms with Gasteiger partial charge >= 0.3 is 0 Å². The first-order valence-electron chi connectivity index (χ1n) is 10.9. The van der Waals surface area contributed by atoms with E-state index in [0.29, 0.717) is 44.6 Å². The Kier molecular flexibility index (Phi) is 7.36. The van der Waals surface area contributed by atoms with Gasteiger partial charge in [-0.2, -0.15) is 0 Å². The van der Waals surface area contributed by atoms with Crippen molar-refractivity contribution in [2.75, 3.05) is 28.6 Å². The quantitative estimate of drug-likeness (QED) is 0.457. The molecule has 2 atom stereocenters. The van der Waals surface area contributed by atoms with Crippen LogP contribution in [0, 0.1) is 0 Å². The number of carbonyl (C=O) groups excluding carboxylic acids is 2. The molecule has 176 valence electrons. The van der Waals surface area contributed by atoms with Crippen molar-refractivity contribution in [2.24, 2.45) is 0 Å². The molecule has 1 aliphatic heterocycles. The zero-order chi connectivity index (χ0) is 24.2. The summed E-state index contributed by atoms with van der Waals surface area (Å²) >= 11 is 12.4. The maximum absolute atomic E-state index is 12.8. The van der Waals surface area contributed by atoms with Gasteiger partial charge in [-0.05, 0) is 56.3 Å². The number of amides is 2. The van der Waals surface area contributed by atoms with Crippen LogP contribution in [-0.4, -0.2) is 42.0 Å². The van der Waals surface area contributed by atoms with E-state index in [9.17, 15) is 9.59 Å². The van der Waals surface area contributed by atoms with Crippen molar-refractivity contribution in [3.63, 3.8) is 0 Å². The van der Waals surface area contributed by atoms with Crippen LogP contribution in [0.1, 0.15) is 34.6 Å². The van der Waals surface area contributed by atoms with Crippen molar-refractivity contribution in [3.8, 4) is 0 Å². The second-order valence-corrected chi connectivity index (χ2v) is 9.18. The van der Waals surface area contributed by atoms with E-state index in [1.165, 1.54) is 0 Å². The first-order chi connectivity index (χ1) is 16.3. The van der Waals surface area contributed by atoms with Crippen LogP contribution >= 0.6 is 23.2 Å². The lowest BCUT2D eigenvalue weighted by atomic mass is 10.1. The van der Waals surface area contributed by atoms with Crippen molar-refractivity contribution < 1.29 is 9.59 Å². The Hall–Kier alpha value is -3.13. The van der Waals surface area contributed by atoms with Gasteiger partial charge in [0.2, 0.25) is 0 Å². The van der Waals surface area contributed by atoms with E-state index in [1.807, 2.05) is 6.07 Å². The molecule has 2 aromatic carbocycles. The van der Waals surface area contributed by atoms with Crippen molar-refractivity contribution in [3.05, 3.63) is 82.0 Å². The molecule has 3 aromatic rings. The third kappa shape index (κ3) is 5.67. The Morgan fingerprint density at radius 3 is 2.35 bits per heavy atom. The highest BCUT2D eigenvalue weighted by atomic mass is 35.5. The molecular weight excluding hydrogens is 473 g/mol. The summed E-state index contributed by atoms with van der Waals surface area (Å²) in [5.74, 6) is 0.131. The third-order valence-corrected chi connectivity index (χ3v) is 6.14. The summed E-state index contributed by atoms with van der Waals surface area (Å²) in [6.07, 6.45) is 1.57. The van der Waals surface area contributed by atoms with Crippen LogP contribution in [0.25, 0.3) is 0 Å². The molecule has 0 radical (unpaired) electrons. The fraction of sp³-hybridized carbons (Fsp3) is 0.240. The lowest BCUT2D eigenvalue weighted by Crippen LogP contribution is -2.54. The predicted octanol–water partition coefficient (Wildman–Crippen LogP) is 5.08. The molecule has 1 saturated heterocycles. The molecule has 4 rings (SSSR count). The van der Waals surface area contributed by atoms with E-state index in [-0.39, 0.29) is 5.91 Å². The Bertz CT molecular complexity index is 1190. The maximum atomic E-state index is 12.8. The lowest BCUT2D eigenvalue weighted by Gasteiger charge is -2.36. The summed E-state index contributed by atoms with van der Waals surface area (Å²) in [7, 11) is 0. The number of hydrogen-bond acceptors (Lipinski definition) is 5. The maximum Gasteiger partial charge on any atom is 0.257 e. The number of carbonyl (C=O) groups is 2. The van der Waals surface area contributed by atoms with Crippen LogP contribution in [0.4, 0.5) is 17.2 Å². The summed E-state index contributed by atoms with van der Waals surface area (Å²) in [5.41, 5.74) is 1.60. The van der Waals surface area contributed by atoms with Crippen molar-refractivity contribution in [1.29, 1.82) is 0 Å². The number of benzene rings is 2. The summed E-state index contributed by atoms with van der Waals surface area (Å²) in [5, 5.41) is 9.73. The topological polar surface area (TPSA) is 86.4 Å². The molecule has 1 aliphatic rings. The van der Waals surface area contributed by atoms with Crippen LogP contribution in [0.3, 0.4) is 0 Å². The highest BCUT2D eigenvalue weighted by Gasteiger charge is 2.22. The Morgan fingerprint density at radius 2 is 1.68 bits per heavy atom. The fourth-order valence-corrected chi connectivity index (χ4v) is 4.34. The minimum Gasteiger partial charge on any atom is -0.354 e. The van der Waals surface area contributed by atoms with Gasteiger partial charge in [0.1, 0.15) is 5.82 Å². The number of hydrogen-bond donors (Lipinski definition) is 3. The number of piperazine rings is 1. The highest BCUT2D eigenvalue weighted by molar-refractivity contribution is 6.36. The molecule has 0 spiro atoms. The smallest absolute Gasteiger partial charge is 0.257 e. The highest BCUT2D eigenvalue weighted by Crippen LogP contribution is 2.27. The number of halogens is 2. The zero-order valence-electron chi connectivity index (χ0n) is 18.8. The van der Waals surface area contributed by atoms with Crippen LogP contribution < -0.4 is 20.9 Å². The molecule has 2 heterocycles. The Labute approximate surface area is 208 Å². The SMILES string of the molecule is C[C@@H]1CN(c2ccc(C(=O)Nc3ccc(Cl)c(NC(=O)c4ccccc4Cl)c3)cn2)C[C@H](C)N1. The lowest BCUT2D eigenvalue weighted by molar-refractivity contribution is 0.101. The standard InChI is InChI=1S/C25H25Cl2N5O2/c1-15-13-32(14-16(2)29-15)23-10-7-17(12-28-23)24(33)30-18-8-9-21(27)22(11-18)31-25(34)19-5-3-4-6-20(19)26/h3-12,15-16,29H,13-14H2,1-2H3,(H,30,33)(H,31,34)/t15-,16+. The zero-order valence-corrected chi connectivity index (χ0v) is 20.3. The van der Waals surface area contributed by atoms with Gasteiger partial charge < -0.3 is 20.9 Å². The van der Waals surface area contributed by atoms with E-state index < -0.39 is 5.91 Å². The molecule has 1 aromatic heterocycles. The summed E-state index contributed by atoms with van der Waals surface area (Å²) < 4.78 is 0. The van der Waals surface area contributed by atoms with Crippen molar-refractivity contribution in [1.82, 2.24) is 10.3 Å². The summed E-state index contributed by atoms with van der Waals surface area (Å²) in [6, 6.07) is 15.9. The minimum atomic E-state index is -0.396. The summed E-state index contributed by atoms with van der Waals surface area (Å²) in [6.45, 7) is 6.00. The Morgan fingerprint density at radius 1 is 0.941 bits per heavy atom. The van der Waals surface area contributed by atoms with E-state index in [2.05, 4.69) is 39.7 Å². The average molecular weight is 498 g/mol. The second kappa shape index (κ2) is 10.4. The number of nitrogens with one attached hydrogen (secondary N) is 3. The van der Waals surface area contributed by atoms with E-state index >= 15 is 0 Å². The van der Waals surface area contributed by atoms with Gasteiger partial charge in [-0.3, -0.25) is 9.59 Å². The first kappa shape index (κ1) is 24.0. The number of rotatable bonds is 5. The van der Waals surface area contributed by atoms with E-state index in [4.69, 9.17) is 23.2 Å². The van der Waals surface area contributed by atoms with Gasteiger partial charge in [0.05, 0.1) is 26.9 Å². The predicted molar refractivity (Wildman–Crippen MR) is 137 cm³/mol. The number of anilines is 3. The number of nitrogens with zero attached hydrogens (tertiary/aromatic N) is 2. The molecule has 9 heteroatoms. The molecule has 7 nitrogen and oxygen atoms in total. The number of pyridine rings is 1. The monoisotopic (exact) mass is 497 g/mol. The molecule has 3 N–H and O–H groups in total. The van der Waals surface area contributed by atoms with Crippen LogP contribution in [0.15, 0.2) is 60.8 Å². The average Bonchev–Trinajstić information content (AvgIpc) is 2.81. The first-order valence-corrected chi connectivity index (χ1v) is 11.7. The molecule has 0 unspecified atom stereocenters. The van der Waals surface area contributed by atoms with E-state index in [1.54, 1.807) is 54.7 Å². The molecule has 2 amide bonds. The van der Waals surface area contributed by atoms with Gasteiger partial charge in [0.15, 0.2) is 0 Å². The largest absolute Gasteiger partial charge is 0.354 e. The van der Waals surface area contributed by atoms with Crippen LogP contribution in [0.2, 0.25) is 10.0 Å². The Balaban J connectivity index is 1.44. The van der Waals surface area contributed by atoms with Gasteiger partial charge in [0.25, 0.3) is 11.8 Å². The van der Waals surface area contributed by atoms with Gasteiger partial charge in [-0.25, -0.2) is 4.98 Å². The van der Waals surface area contributed by atoms with E-state index in [0.717, 1.165) is 18.9 Å². The van der Waals surface area contributed by atoms with Crippen molar-refractivity contribution >= 4 is 52.2 Å². The van der Waals surface area contributed by atoms with Gasteiger partial charge in [-0.1, -0.05) is 35.3 Å². The molecule has 0 aliphatic carbocycles. The second-order valence-electron chi connectivity index (χ2n) is 8.36. The summed E-state index contributed by atoms with van der Waals surface area (Å²) in [4.78, 5) is 32.1. The van der Waals surface area contributed by atoms with Crippen molar-refractivity contribution in [2.45, 2.75) is 25.9 Å². The number of aromatic nitrogens is 1. The van der Waals surface area contributed by atoms with Gasteiger partial charge in [-0.15, -0.1) is 0 Å². The molecule has 0 bridgehead atoms.